The van der Waals surface area contributed by atoms with E-state index in [0.29, 0.717) is 5.56 Å². The number of aromatic hydroxyl groups is 1. The second-order valence-electron chi connectivity index (χ2n) is 5.74. The average molecular weight is 290 g/mol. The molecule has 2 nitrogen and oxygen atoms in total. The molecule has 1 unspecified atom stereocenters. The minimum atomic E-state index is -0.665. The van der Waals surface area contributed by atoms with Crippen LogP contribution in [0.3, 0.4) is 0 Å². The Morgan fingerprint density at radius 2 is 1.55 bits per heavy atom. The van der Waals surface area contributed by atoms with Gasteiger partial charge in [-0.2, -0.15) is 0 Å². The molecule has 0 spiro atoms. The van der Waals surface area contributed by atoms with Crippen molar-refractivity contribution in [3.63, 3.8) is 0 Å². The number of Topliss-reactive ketones (excluding diaryl/α,β-unsaturated/α-hetero) is 1. The molecule has 0 fully saturated rings. The molecule has 1 atom stereocenters. The largest absolute Gasteiger partial charge is 0.508 e. The van der Waals surface area contributed by atoms with Crippen LogP contribution in [0.4, 0.5) is 0 Å². The summed E-state index contributed by atoms with van der Waals surface area (Å²) < 4.78 is 0. The molecule has 0 bridgehead atoms. The highest BCUT2D eigenvalue weighted by molar-refractivity contribution is 6.04. The summed E-state index contributed by atoms with van der Waals surface area (Å²) in [5.41, 5.74) is 0.939. The van der Waals surface area contributed by atoms with Crippen LogP contribution in [0.5, 0.6) is 5.75 Å². The zero-order valence-corrected chi connectivity index (χ0v) is 12.4. The maximum atomic E-state index is 13.2. The number of rotatable bonds is 4. The molecule has 1 aliphatic carbocycles. The van der Waals surface area contributed by atoms with Gasteiger partial charge in [0.2, 0.25) is 0 Å². The third-order valence-corrected chi connectivity index (χ3v) is 4.39. The predicted molar refractivity (Wildman–Crippen MR) is 88.0 cm³/mol. The molecule has 0 aliphatic heterocycles. The van der Waals surface area contributed by atoms with Crippen LogP contribution < -0.4 is 0 Å². The normalized spacial score (nSPS) is 16.6. The van der Waals surface area contributed by atoms with Crippen molar-refractivity contribution in [1.82, 2.24) is 0 Å². The molecule has 0 saturated heterocycles. The van der Waals surface area contributed by atoms with Crippen molar-refractivity contribution >= 4 is 5.78 Å². The molecule has 0 amide bonds. The van der Waals surface area contributed by atoms with Crippen LogP contribution >= 0.6 is 0 Å². The summed E-state index contributed by atoms with van der Waals surface area (Å²) >= 11 is 0. The highest BCUT2D eigenvalue weighted by Crippen LogP contribution is 2.39. The first-order valence-electron chi connectivity index (χ1n) is 7.37. The van der Waals surface area contributed by atoms with Crippen molar-refractivity contribution in [3.8, 4) is 5.75 Å². The summed E-state index contributed by atoms with van der Waals surface area (Å²) in [4.78, 5) is 13.2. The van der Waals surface area contributed by atoms with Gasteiger partial charge in [-0.25, -0.2) is 0 Å². The van der Waals surface area contributed by atoms with E-state index in [4.69, 9.17) is 0 Å². The molecule has 1 aliphatic rings. The van der Waals surface area contributed by atoms with Gasteiger partial charge in [-0.1, -0.05) is 54.6 Å². The number of ketones is 1. The van der Waals surface area contributed by atoms with E-state index in [-0.39, 0.29) is 17.5 Å². The zero-order chi connectivity index (χ0) is 15.6. The first kappa shape index (κ1) is 14.3. The molecule has 2 aromatic carbocycles. The van der Waals surface area contributed by atoms with E-state index in [2.05, 4.69) is 12.2 Å². The van der Waals surface area contributed by atoms with Gasteiger partial charge in [-0.05, 0) is 36.8 Å². The van der Waals surface area contributed by atoms with Gasteiger partial charge in [0.1, 0.15) is 5.75 Å². The first-order chi connectivity index (χ1) is 10.6. The summed E-state index contributed by atoms with van der Waals surface area (Å²) in [6, 6.07) is 16.3. The van der Waals surface area contributed by atoms with Gasteiger partial charge in [0, 0.05) is 11.5 Å². The molecule has 0 aromatic heterocycles. The summed E-state index contributed by atoms with van der Waals surface area (Å²) in [7, 11) is 0. The number of hydrogen-bond donors (Lipinski definition) is 1. The maximum absolute atomic E-state index is 13.2. The molecular formula is C20H18O2. The molecule has 0 saturated carbocycles. The lowest BCUT2D eigenvalue weighted by Gasteiger charge is -2.33. The van der Waals surface area contributed by atoms with Gasteiger partial charge in [0.05, 0.1) is 5.41 Å². The quantitative estimate of drug-likeness (QED) is 0.854. The van der Waals surface area contributed by atoms with E-state index >= 15 is 0 Å². The Morgan fingerprint density at radius 3 is 2.14 bits per heavy atom. The third-order valence-electron chi connectivity index (χ3n) is 4.39. The average Bonchev–Trinajstić information content (AvgIpc) is 3.10. The van der Waals surface area contributed by atoms with E-state index < -0.39 is 5.41 Å². The van der Waals surface area contributed by atoms with Crippen molar-refractivity contribution in [3.05, 3.63) is 90.0 Å². The number of phenolic OH excluding ortho intramolecular Hbond substituents is 1. The monoisotopic (exact) mass is 290 g/mol. The van der Waals surface area contributed by atoms with E-state index in [0.717, 1.165) is 5.56 Å². The number of phenols is 1. The van der Waals surface area contributed by atoms with Crippen LogP contribution in [0.2, 0.25) is 0 Å². The molecule has 3 rings (SSSR count). The summed E-state index contributed by atoms with van der Waals surface area (Å²) in [6.45, 7) is 1.99. The van der Waals surface area contributed by atoms with Crippen molar-refractivity contribution in [2.45, 2.75) is 12.3 Å². The van der Waals surface area contributed by atoms with Crippen molar-refractivity contribution < 1.29 is 9.90 Å². The van der Waals surface area contributed by atoms with E-state index in [1.807, 2.05) is 49.4 Å². The number of carbonyl (C=O) groups excluding carboxylic acids is 1. The van der Waals surface area contributed by atoms with Gasteiger partial charge in [-0.3, -0.25) is 4.79 Å². The van der Waals surface area contributed by atoms with Crippen molar-refractivity contribution in [1.29, 1.82) is 0 Å². The Balaban J connectivity index is 2.09. The summed E-state index contributed by atoms with van der Waals surface area (Å²) in [6.07, 6.45) is 8.09. The lowest BCUT2D eigenvalue weighted by atomic mass is 9.67. The second kappa shape index (κ2) is 5.64. The van der Waals surface area contributed by atoms with Crippen LogP contribution in [0, 0.1) is 5.92 Å². The van der Waals surface area contributed by atoms with Gasteiger partial charge < -0.3 is 5.11 Å². The summed E-state index contributed by atoms with van der Waals surface area (Å²) in [5, 5.41) is 9.44. The molecule has 0 radical (unpaired) electrons. The smallest absolute Gasteiger partial charge is 0.174 e. The van der Waals surface area contributed by atoms with Crippen LogP contribution in [0.25, 0.3) is 0 Å². The third kappa shape index (κ3) is 2.37. The van der Waals surface area contributed by atoms with E-state index in [1.165, 1.54) is 0 Å². The Hall–Kier alpha value is -2.61. The molecule has 22 heavy (non-hydrogen) atoms. The SMILES string of the molecule is CC(C(=O)c1ccc(O)cc1)(c1ccccc1)C1C=CC=C1. The minimum Gasteiger partial charge on any atom is -0.508 e. The van der Waals surface area contributed by atoms with Gasteiger partial charge in [0.25, 0.3) is 0 Å². The fourth-order valence-corrected chi connectivity index (χ4v) is 2.99. The number of allylic oxidation sites excluding steroid dienone is 4. The Bertz CT molecular complexity index is 714. The van der Waals surface area contributed by atoms with Gasteiger partial charge in [-0.15, -0.1) is 0 Å². The maximum Gasteiger partial charge on any atom is 0.174 e. The number of benzene rings is 2. The lowest BCUT2D eigenvalue weighted by Crippen LogP contribution is -2.38. The fraction of sp³-hybridized carbons (Fsp3) is 0.150. The van der Waals surface area contributed by atoms with Crippen LogP contribution in [0.1, 0.15) is 22.8 Å². The Kier molecular flexibility index (Phi) is 3.68. The standard InChI is InChI=1S/C20H18O2/c1-20(17-9-5-6-10-17,16-7-3-2-4-8-16)19(22)15-11-13-18(21)14-12-15/h2-14,17,21H,1H3. The molecule has 2 aromatic rings. The number of carbonyl (C=O) groups is 1. The highest BCUT2D eigenvalue weighted by atomic mass is 16.3. The molecule has 1 N–H and O–H groups in total. The topological polar surface area (TPSA) is 37.3 Å². The van der Waals surface area contributed by atoms with Crippen molar-refractivity contribution in [2.75, 3.05) is 0 Å². The lowest BCUT2D eigenvalue weighted by molar-refractivity contribution is 0.0875. The molecular weight excluding hydrogens is 272 g/mol. The minimum absolute atomic E-state index is 0.0243. The van der Waals surface area contributed by atoms with E-state index in [9.17, 15) is 9.90 Å². The highest BCUT2D eigenvalue weighted by Gasteiger charge is 2.41. The van der Waals surface area contributed by atoms with Crippen molar-refractivity contribution in [2.24, 2.45) is 5.92 Å². The molecule has 2 heteroatoms. The van der Waals surface area contributed by atoms with Crippen LogP contribution in [0.15, 0.2) is 78.9 Å². The predicted octanol–water partition coefficient (Wildman–Crippen LogP) is 4.28. The van der Waals surface area contributed by atoms with Crippen LogP contribution in [-0.4, -0.2) is 10.9 Å². The zero-order valence-electron chi connectivity index (χ0n) is 12.4. The Labute approximate surface area is 130 Å². The van der Waals surface area contributed by atoms with Crippen LogP contribution in [-0.2, 0) is 5.41 Å². The summed E-state index contributed by atoms with van der Waals surface area (Å²) in [5.74, 6) is 0.245. The number of hydrogen-bond acceptors (Lipinski definition) is 2. The fourth-order valence-electron chi connectivity index (χ4n) is 2.99. The van der Waals surface area contributed by atoms with E-state index in [1.54, 1.807) is 24.3 Å². The van der Waals surface area contributed by atoms with Gasteiger partial charge in [0.15, 0.2) is 5.78 Å². The molecule has 0 heterocycles. The second-order valence-corrected chi connectivity index (χ2v) is 5.74. The molecule has 110 valence electrons. The first-order valence-corrected chi connectivity index (χ1v) is 7.37. The van der Waals surface area contributed by atoms with Gasteiger partial charge >= 0.3 is 0 Å². The Morgan fingerprint density at radius 1 is 0.955 bits per heavy atom.